The molecule has 0 saturated carbocycles. The van der Waals surface area contributed by atoms with Crippen LogP contribution in [-0.2, 0) is 0 Å². The van der Waals surface area contributed by atoms with Crippen LogP contribution < -0.4 is 15.6 Å². The molecule has 0 amide bonds. The normalized spacial score (nSPS) is 16.2. The van der Waals surface area contributed by atoms with Crippen molar-refractivity contribution in [2.24, 2.45) is 5.10 Å². The van der Waals surface area contributed by atoms with Gasteiger partial charge in [0.15, 0.2) is 5.43 Å². The summed E-state index contributed by atoms with van der Waals surface area (Å²) >= 11 is 0. The first-order valence-corrected chi connectivity index (χ1v) is 8.18. The van der Waals surface area contributed by atoms with Gasteiger partial charge in [-0.1, -0.05) is 12.1 Å². The molecule has 0 bridgehead atoms. The number of nitrogens with zero attached hydrogens (tertiary/aromatic N) is 1. The summed E-state index contributed by atoms with van der Waals surface area (Å²) in [5, 5.41) is 4.63. The van der Waals surface area contributed by atoms with Crippen LogP contribution in [-0.4, -0.2) is 25.1 Å². The number of para-hydroxylation sites is 1. The predicted molar refractivity (Wildman–Crippen MR) is 98.0 cm³/mol. The van der Waals surface area contributed by atoms with E-state index in [9.17, 15) is 9.59 Å². The summed E-state index contributed by atoms with van der Waals surface area (Å²) in [6.07, 6.45) is 1.43. The molecule has 6 heteroatoms. The Morgan fingerprint density at radius 2 is 1.96 bits per heavy atom. The number of hydrazone groups is 1. The van der Waals surface area contributed by atoms with Gasteiger partial charge in [0.2, 0.25) is 5.78 Å². The van der Waals surface area contributed by atoms with Crippen molar-refractivity contribution >= 4 is 22.5 Å². The third kappa shape index (κ3) is 2.65. The molecule has 1 unspecified atom stereocenters. The molecule has 1 atom stereocenters. The fourth-order valence-electron chi connectivity index (χ4n) is 3.09. The molecule has 0 aliphatic carbocycles. The van der Waals surface area contributed by atoms with Gasteiger partial charge in [0, 0.05) is 17.7 Å². The number of hydrogen-bond acceptors (Lipinski definition) is 6. The van der Waals surface area contributed by atoms with Crippen LogP contribution in [0.4, 0.5) is 0 Å². The van der Waals surface area contributed by atoms with Crippen LogP contribution >= 0.6 is 0 Å². The Kier molecular flexibility index (Phi) is 4.01. The number of methoxy groups -OCH3 is 1. The average Bonchev–Trinajstić information content (AvgIpc) is 3.17. The Balaban J connectivity index is 1.71. The monoisotopic (exact) mass is 348 g/mol. The minimum atomic E-state index is -0.453. The van der Waals surface area contributed by atoms with E-state index in [1.807, 2.05) is 6.07 Å². The molecule has 1 N–H and O–H groups in total. The van der Waals surface area contributed by atoms with Gasteiger partial charge in [-0.3, -0.25) is 9.59 Å². The van der Waals surface area contributed by atoms with Crippen LogP contribution in [0.15, 0.2) is 69.1 Å². The number of benzene rings is 2. The topological polar surface area (TPSA) is 80.9 Å². The van der Waals surface area contributed by atoms with Crippen molar-refractivity contribution in [1.82, 2.24) is 5.43 Å². The standard InChI is InChI=1S/C20H16N2O4/c1-25-13-8-6-12(7-9-13)19(23)18-15(10-21-22-18)16-11-26-17-5-3-2-4-14(17)20(16)24/h2-9,11,15,21H,10H2,1H3. The summed E-state index contributed by atoms with van der Waals surface area (Å²) in [4.78, 5) is 25.7. The van der Waals surface area contributed by atoms with Crippen molar-refractivity contribution < 1.29 is 13.9 Å². The second-order valence-electron chi connectivity index (χ2n) is 5.99. The molecule has 1 aromatic heterocycles. The minimum Gasteiger partial charge on any atom is -0.497 e. The number of hydrogen-bond donors (Lipinski definition) is 1. The Bertz CT molecular complexity index is 1070. The lowest BCUT2D eigenvalue weighted by atomic mass is 9.90. The third-order valence-corrected chi connectivity index (χ3v) is 4.49. The zero-order valence-corrected chi connectivity index (χ0v) is 14.1. The molecule has 0 fully saturated rings. The van der Waals surface area contributed by atoms with Crippen molar-refractivity contribution in [3.05, 3.63) is 76.1 Å². The summed E-state index contributed by atoms with van der Waals surface area (Å²) in [7, 11) is 1.57. The largest absolute Gasteiger partial charge is 0.497 e. The Morgan fingerprint density at radius 1 is 1.19 bits per heavy atom. The van der Waals surface area contributed by atoms with E-state index in [-0.39, 0.29) is 11.2 Å². The summed E-state index contributed by atoms with van der Waals surface area (Å²) in [5.74, 6) is -0.0135. The van der Waals surface area contributed by atoms with Gasteiger partial charge in [-0.25, -0.2) is 0 Å². The molecule has 4 rings (SSSR count). The molecular weight excluding hydrogens is 332 g/mol. The predicted octanol–water partition coefficient (Wildman–Crippen LogP) is 2.73. The molecule has 3 aromatic rings. The van der Waals surface area contributed by atoms with Gasteiger partial charge in [-0.2, -0.15) is 5.10 Å². The van der Waals surface area contributed by atoms with Gasteiger partial charge in [0.05, 0.1) is 24.7 Å². The minimum absolute atomic E-state index is 0.143. The SMILES string of the molecule is COc1ccc(C(=O)C2=NNCC2c2coc3ccccc3c2=O)cc1. The van der Waals surface area contributed by atoms with Crippen LogP contribution in [0.3, 0.4) is 0 Å². The average molecular weight is 348 g/mol. The maximum absolute atomic E-state index is 12.9. The third-order valence-electron chi connectivity index (χ3n) is 4.49. The molecule has 1 aliphatic heterocycles. The van der Waals surface area contributed by atoms with Gasteiger partial charge >= 0.3 is 0 Å². The van der Waals surface area contributed by atoms with Crippen molar-refractivity contribution in [1.29, 1.82) is 0 Å². The molecule has 0 spiro atoms. The Hall–Kier alpha value is -3.41. The first-order valence-electron chi connectivity index (χ1n) is 8.18. The number of ether oxygens (including phenoxy) is 1. The van der Waals surface area contributed by atoms with Gasteiger partial charge < -0.3 is 14.6 Å². The van der Waals surface area contributed by atoms with Crippen molar-refractivity contribution in [2.45, 2.75) is 5.92 Å². The Labute approximate surface area is 149 Å². The summed E-state index contributed by atoms with van der Waals surface area (Å²) in [6, 6.07) is 13.9. The van der Waals surface area contributed by atoms with Crippen LogP contribution in [0.5, 0.6) is 5.75 Å². The van der Waals surface area contributed by atoms with Gasteiger partial charge in [-0.15, -0.1) is 0 Å². The highest BCUT2D eigenvalue weighted by molar-refractivity contribution is 6.48. The molecule has 26 heavy (non-hydrogen) atoms. The lowest BCUT2D eigenvalue weighted by molar-refractivity contribution is 0.106. The molecule has 6 nitrogen and oxygen atoms in total. The molecule has 130 valence electrons. The van der Waals surface area contributed by atoms with Crippen LogP contribution in [0.25, 0.3) is 11.0 Å². The molecule has 0 radical (unpaired) electrons. The maximum Gasteiger partial charge on any atom is 0.209 e. The molecular formula is C20H16N2O4. The smallest absolute Gasteiger partial charge is 0.209 e. The molecule has 2 aromatic carbocycles. The number of carbonyl (C=O) groups is 1. The second-order valence-corrected chi connectivity index (χ2v) is 5.99. The fourth-order valence-corrected chi connectivity index (χ4v) is 3.09. The molecule has 1 aliphatic rings. The van der Waals surface area contributed by atoms with E-state index >= 15 is 0 Å². The number of carbonyl (C=O) groups excluding carboxylic acids is 1. The summed E-state index contributed by atoms with van der Waals surface area (Å²) < 4.78 is 10.7. The van der Waals surface area contributed by atoms with E-state index < -0.39 is 5.92 Å². The van der Waals surface area contributed by atoms with E-state index in [0.29, 0.717) is 40.1 Å². The number of Topliss-reactive ketones (excluding diaryl/α,β-unsaturated/α-hetero) is 1. The summed E-state index contributed by atoms with van der Waals surface area (Å²) in [6.45, 7) is 0.375. The van der Waals surface area contributed by atoms with Gasteiger partial charge in [0.1, 0.15) is 17.0 Å². The first-order chi connectivity index (χ1) is 12.7. The van der Waals surface area contributed by atoms with Gasteiger partial charge in [-0.05, 0) is 36.4 Å². The van der Waals surface area contributed by atoms with E-state index in [4.69, 9.17) is 9.15 Å². The van der Waals surface area contributed by atoms with E-state index in [1.54, 1.807) is 49.6 Å². The van der Waals surface area contributed by atoms with E-state index in [2.05, 4.69) is 10.5 Å². The molecule has 2 heterocycles. The second kappa shape index (κ2) is 6.48. The molecule has 0 saturated heterocycles. The lowest BCUT2D eigenvalue weighted by Gasteiger charge is -2.11. The van der Waals surface area contributed by atoms with E-state index in [1.165, 1.54) is 6.26 Å². The van der Waals surface area contributed by atoms with Crippen LogP contribution in [0, 0.1) is 0 Å². The maximum atomic E-state index is 12.9. The van der Waals surface area contributed by atoms with Crippen molar-refractivity contribution in [2.75, 3.05) is 13.7 Å². The number of ketones is 1. The van der Waals surface area contributed by atoms with Gasteiger partial charge in [0.25, 0.3) is 0 Å². The fraction of sp³-hybridized carbons (Fsp3) is 0.150. The first kappa shape index (κ1) is 16.1. The quantitative estimate of drug-likeness (QED) is 0.733. The highest BCUT2D eigenvalue weighted by Gasteiger charge is 2.32. The van der Waals surface area contributed by atoms with Crippen LogP contribution in [0.1, 0.15) is 21.8 Å². The van der Waals surface area contributed by atoms with Crippen LogP contribution in [0.2, 0.25) is 0 Å². The number of nitrogens with one attached hydrogen (secondary N) is 1. The van der Waals surface area contributed by atoms with Crippen molar-refractivity contribution in [3.8, 4) is 5.75 Å². The highest BCUT2D eigenvalue weighted by atomic mass is 16.5. The number of rotatable bonds is 4. The zero-order valence-electron chi connectivity index (χ0n) is 14.1. The highest BCUT2D eigenvalue weighted by Crippen LogP contribution is 2.23. The number of fused-ring (bicyclic) bond motifs is 1. The Morgan fingerprint density at radius 3 is 2.73 bits per heavy atom. The summed E-state index contributed by atoms with van der Waals surface area (Å²) in [5.41, 5.74) is 4.43. The van der Waals surface area contributed by atoms with Crippen molar-refractivity contribution in [3.63, 3.8) is 0 Å². The zero-order chi connectivity index (χ0) is 18.1. The van der Waals surface area contributed by atoms with E-state index in [0.717, 1.165) is 0 Å². The lowest BCUT2D eigenvalue weighted by Crippen LogP contribution is -2.26.